The summed E-state index contributed by atoms with van der Waals surface area (Å²) in [6, 6.07) is 6.45. The van der Waals surface area contributed by atoms with Crippen LogP contribution in [0, 0.1) is 24.0 Å². The second-order valence-electron chi connectivity index (χ2n) is 5.11. The van der Waals surface area contributed by atoms with Crippen LogP contribution in [-0.2, 0) is 0 Å². The van der Waals surface area contributed by atoms with Gasteiger partial charge in [0, 0.05) is 21.9 Å². The summed E-state index contributed by atoms with van der Waals surface area (Å²) in [5.74, 6) is -1.19. The van der Waals surface area contributed by atoms with E-state index in [2.05, 4.69) is 5.32 Å². The van der Waals surface area contributed by atoms with Gasteiger partial charge in [0.1, 0.15) is 0 Å². The summed E-state index contributed by atoms with van der Waals surface area (Å²) in [7, 11) is 0. The number of nitro groups is 1. The van der Waals surface area contributed by atoms with Gasteiger partial charge in [0.05, 0.1) is 21.9 Å². The van der Waals surface area contributed by atoms with E-state index in [1.807, 2.05) is 26.0 Å². The molecule has 1 heterocycles. The number of nitro benzene ring substituents is 1. The molecule has 0 fully saturated rings. The second-order valence-corrected chi connectivity index (χ2v) is 6.17. The first kappa shape index (κ1) is 14.4. The van der Waals surface area contributed by atoms with Crippen molar-refractivity contribution in [2.45, 2.75) is 23.6 Å². The highest BCUT2D eigenvalue weighted by atomic mass is 32.2. The Kier molecular flexibility index (Phi) is 3.29. The Balaban J connectivity index is 2.21. The maximum absolute atomic E-state index is 11.4. The summed E-state index contributed by atoms with van der Waals surface area (Å²) in [4.78, 5) is 23.3. The summed E-state index contributed by atoms with van der Waals surface area (Å²) >= 11 is 1.35. The smallest absolute Gasteiger partial charge is 0.338 e. The first-order chi connectivity index (χ1) is 10.4. The van der Waals surface area contributed by atoms with E-state index in [1.165, 1.54) is 17.8 Å². The molecule has 2 aromatic rings. The molecule has 0 unspecified atom stereocenters. The Morgan fingerprint density at radius 2 is 2.00 bits per heavy atom. The van der Waals surface area contributed by atoms with Gasteiger partial charge in [-0.3, -0.25) is 10.1 Å². The predicted molar refractivity (Wildman–Crippen MR) is 83.4 cm³/mol. The molecule has 2 aromatic carbocycles. The van der Waals surface area contributed by atoms with Gasteiger partial charge in [0.25, 0.3) is 5.69 Å². The van der Waals surface area contributed by atoms with Gasteiger partial charge in [-0.05, 0) is 31.0 Å². The molecule has 1 aliphatic heterocycles. The van der Waals surface area contributed by atoms with Gasteiger partial charge in [-0.25, -0.2) is 4.79 Å². The number of anilines is 2. The third-order valence-corrected chi connectivity index (χ3v) is 4.71. The van der Waals surface area contributed by atoms with Crippen LogP contribution in [0.2, 0.25) is 0 Å². The van der Waals surface area contributed by atoms with Crippen molar-refractivity contribution in [3.63, 3.8) is 0 Å². The molecule has 2 N–H and O–H groups in total. The lowest BCUT2D eigenvalue weighted by atomic mass is 10.1. The maximum Gasteiger partial charge on any atom is 0.338 e. The number of benzene rings is 2. The number of non-ortho nitro benzene ring substituents is 1. The number of carbonyl (C=O) groups is 1. The second kappa shape index (κ2) is 5.03. The van der Waals surface area contributed by atoms with E-state index in [9.17, 15) is 20.0 Å². The number of fused-ring (bicyclic) bond motifs is 2. The Morgan fingerprint density at radius 3 is 2.64 bits per heavy atom. The van der Waals surface area contributed by atoms with Gasteiger partial charge < -0.3 is 10.4 Å². The normalized spacial score (nSPS) is 12.1. The number of rotatable bonds is 2. The summed E-state index contributed by atoms with van der Waals surface area (Å²) in [6.07, 6.45) is 0. The van der Waals surface area contributed by atoms with Crippen molar-refractivity contribution in [3.8, 4) is 0 Å². The molecule has 3 rings (SSSR count). The van der Waals surface area contributed by atoms with E-state index in [0.717, 1.165) is 27.8 Å². The van der Waals surface area contributed by atoms with Crippen LogP contribution in [0.5, 0.6) is 0 Å². The zero-order chi connectivity index (χ0) is 16.0. The zero-order valence-corrected chi connectivity index (χ0v) is 12.7. The van der Waals surface area contributed by atoms with Crippen molar-refractivity contribution in [3.05, 3.63) is 51.1 Å². The van der Waals surface area contributed by atoms with Gasteiger partial charge in [-0.1, -0.05) is 17.8 Å². The van der Waals surface area contributed by atoms with Crippen LogP contribution in [0.4, 0.5) is 17.1 Å². The fraction of sp³-hybridized carbons (Fsp3) is 0.133. The molecule has 0 bridgehead atoms. The summed E-state index contributed by atoms with van der Waals surface area (Å²) < 4.78 is 0. The Hall–Kier alpha value is -2.54. The standard InChI is InChI=1S/C15H12N2O4S/c1-7-3-8(2)14-11(4-7)16-13-10(15(18)19)5-9(17(20)21)6-12(13)22-14/h3-6,16H,1-2H3,(H,18,19). The lowest BCUT2D eigenvalue weighted by molar-refractivity contribution is -0.385. The molecule has 0 atom stereocenters. The van der Waals surface area contributed by atoms with Crippen molar-refractivity contribution in [1.29, 1.82) is 0 Å². The molecule has 7 heteroatoms. The molecule has 112 valence electrons. The average molecular weight is 316 g/mol. The van der Waals surface area contributed by atoms with Crippen LogP contribution in [0.15, 0.2) is 34.1 Å². The van der Waals surface area contributed by atoms with Gasteiger partial charge in [-0.2, -0.15) is 0 Å². The molecule has 0 amide bonds. The Bertz CT molecular complexity index is 833. The van der Waals surface area contributed by atoms with Gasteiger partial charge in [0.15, 0.2) is 0 Å². The lowest BCUT2D eigenvalue weighted by Crippen LogP contribution is -2.09. The molecular formula is C15H12N2O4S. The molecule has 0 saturated heterocycles. The zero-order valence-electron chi connectivity index (χ0n) is 11.8. The van der Waals surface area contributed by atoms with E-state index in [1.54, 1.807) is 0 Å². The minimum absolute atomic E-state index is 0.0958. The van der Waals surface area contributed by atoms with Crippen molar-refractivity contribution >= 4 is 34.8 Å². The van der Waals surface area contributed by atoms with Crippen LogP contribution in [0.1, 0.15) is 21.5 Å². The fourth-order valence-corrected chi connectivity index (χ4v) is 3.61. The maximum atomic E-state index is 11.4. The van der Waals surface area contributed by atoms with Crippen molar-refractivity contribution in [2.24, 2.45) is 0 Å². The monoisotopic (exact) mass is 316 g/mol. The number of hydrogen-bond acceptors (Lipinski definition) is 5. The lowest BCUT2D eigenvalue weighted by Gasteiger charge is -2.24. The topological polar surface area (TPSA) is 92.5 Å². The van der Waals surface area contributed by atoms with Gasteiger partial charge >= 0.3 is 5.97 Å². The number of hydrogen-bond donors (Lipinski definition) is 2. The molecular weight excluding hydrogens is 304 g/mol. The van der Waals surface area contributed by atoms with Crippen LogP contribution in [0.25, 0.3) is 0 Å². The van der Waals surface area contributed by atoms with Gasteiger partial charge in [0.2, 0.25) is 0 Å². The van der Waals surface area contributed by atoms with Crippen LogP contribution in [-0.4, -0.2) is 16.0 Å². The first-order valence-electron chi connectivity index (χ1n) is 6.48. The molecule has 1 aliphatic rings. The summed E-state index contributed by atoms with van der Waals surface area (Å²) in [5, 5.41) is 23.4. The van der Waals surface area contributed by atoms with Crippen LogP contribution in [0.3, 0.4) is 0 Å². The minimum atomic E-state index is -1.19. The van der Waals surface area contributed by atoms with E-state index >= 15 is 0 Å². The van der Waals surface area contributed by atoms with Crippen molar-refractivity contribution < 1.29 is 14.8 Å². The number of nitrogens with zero attached hydrogens (tertiary/aromatic N) is 1. The van der Waals surface area contributed by atoms with E-state index in [-0.39, 0.29) is 11.3 Å². The highest BCUT2D eigenvalue weighted by molar-refractivity contribution is 7.99. The third kappa shape index (κ3) is 2.29. The highest BCUT2D eigenvalue weighted by Crippen LogP contribution is 2.48. The molecule has 0 radical (unpaired) electrons. The first-order valence-corrected chi connectivity index (χ1v) is 7.30. The number of nitrogens with one attached hydrogen (secondary N) is 1. The van der Waals surface area contributed by atoms with Crippen LogP contribution < -0.4 is 5.32 Å². The number of carboxylic acid groups (broad SMARTS) is 1. The molecule has 0 saturated carbocycles. The molecule has 6 nitrogen and oxygen atoms in total. The van der Waals surface area contributed by atoms with E-state index in [0.29, 0.717) is 10.6 Å². The predicted octanol–water partition coefficient (Wildman–Crippen LogP) is 4.12. The Labute approximate surface area is 130 Å². The molecule has 22 heavy (non-hydrogen) atoms. The molecule has 0 aromatic heterocycles. The summed E-state index contributed by atoms with van der Waals surface area (Å²) in [5.41, 5.74) is 3.01. The van der Waals surface area contributed by atoms with Gasteiger partial charge in [-0.15, -0.1) is 0 Å². The van der Waals surface area contributed by atoms with Crippen LogP contribution >= 0.6 is 11.8 Å². The number of carboxylic acids is 1. The minimum Gasteiger partial charge on any atom is -0.478 e. The average Bonchev–Trinajstić information content (AvgIpc) is 2.44. The number of aromatic carboxylic acids is 1. The quantitative estimate of drug-likeness (QED) is 0.546. The van der Waals surface area contributed by atoms with E-state index in [4.69, 9.17) is 0 Å². The third-order valence-electron chi connectivity index (χ3n) is 3.42. The molecule has 0 aliphatic carbocycles. The number of aryl methyl sites for hydroxylation is 2. The largest absolute Gasteiger partial charge is 0.478 e. The summed E-state index contributed by atoms with van der Waals surface area (Å²) in [6.45, 7) is 3.92. The van der Waals surface area contributed by atoms with Crippen molar-refractivity contribution in [2.75, 3.05) is 5.32 Å². The highest BCUT2D eigenvalue weighted by Gasteiger charge is 2.26. The molecule has 0 spiro atoms. The Morgan fingerprint density at radius 1 is 1.27 bits per heavy atom. The van der Waals surface area contributed by atoms with E-state index < -0.39 is 10.9 Å². The van der Waals surface area contributed by atoms with Crippen molar-refractivity contribution in [1.82, 2.24) is 0 Å². The fourth-order valence-electron chi connectivity index (χ4n) is 2.51. The SMILES string of the molecule is Cc1cc(C)c2c(c1)Nc1c(cc([N+](=O)[O-])cc1C(=O)O)S2.